The number of hydrogen-bond donors (Lipinski definition) is 1. The van der Waals surface area contributed by atoms with Gasteiger partial charge < -0.3 is 10.5 Å². The van der Waals surface area contributed by atoms with Gasteiger partial charge in [0.1, 0.15) is 0 Å². The van der Waals surface area contributed by atoms with Crippen LogP contribution in [-0.2, 0) is 4.74 Å². The molecule has 2 N–H and O–H groups in total. The lowest BCUT2D eigenvalue weighted by Crippen LogP contribution is -2.25. The Bertz CT molecular complexity index is 146. The molecule has 0 aromatic carbocycles. The van der Waals surface area contributed by atoms with Gasteiger partial charge in [0, 0.05) is 6.04 Å². The summed E-state index contributed by atoms with van der Waals surface area (Å²) in [7, 11) is 0. The van der Waals surface area contributed by atoms with Crippen molar-refractivity contribution < 1.29 is 4.74 Å². The van der Waals surface area contributed by atoms with Crippen LogP contribution in [0.4, 0.5) is 0 Å². The van der Waals surface area contributed by atoms with Gasteiger partial charge in [-0.25, -0.2) is 0 Å². The van der Waals surface area contributed by atoms with Gasteiger partial charge in [0.15, 0.2) is 0 Å². The summed E-state index contributed by atoms with van der Waals surface area (Å²) >= 11 is 0. The van der Waals surface area contributed by atoms with Crippen LogP contribution >= 0.6 is 0 Å². The minimum atomic E-state index is 0.350. The largest absolute Gasteiger partial charge is 0.375 e. The lowest BCUT2D eigenvalue weighted by atomic mass is 9.85. The number of ether oxygens (including phenoxy) is 1. The molecule has 0 spiro atoms. The molecule has 0 amide bonds. The van der Waals surface area contributed by atoms with Gasteiger partial charge in [0.05, 0.1) is 12.2 Å². The van der Waals surface area contributed by atoms with Gasteiger partial charge in [-0.05, 0) is 38.5 Å². The molecule has 2 nitrogen and oxygen atoms in total. The summed E-state index contributed by atoms with van der Waals surface area (Å²) in [5.41, 5.74) is 5.75. The highest BCUT2D eigenvalue weighted by atomic mass is 16.5. The average Bonchev–Trinajstić information content (AvgIpc) is 2.45. The fraction of sp³-hybridized carbons (Fsp3) is 1.00. The third-order valence-corrected chi connectivity index (χ3v) is 2.91. The van der Waals surface area contributed by atoms with Gasteiger partial charge in [-0.1, -0.05) is 0 Å². The van der Waals surface area contributed by atoms with Gasteiger partial charge in [0.2, 0.25) is 0 Å². The Morgan fingerprint density at radius 3 is 2.82 bits per heavy atom. The molecule has 2 heterocycles. The second-order valence-electron chi connectivity index (χ2n) is 4.08. The van der Waals surface area contributed by atoms with Crippen molar-refractivity contribution in [1.82, 2.24) is 0 Å². The predicted molar refractivity (Wildman–Crippen MR) is 44.3 cm³/mol. The van der Waals surface area contributed by atoms with E-state index in [4.69, 9.17) is 10.5 Å². The molecule has 2 aliphatic rings. The first-order chi connectivity index (χ1) is 5.25. The third-order valence-electron chi connectivity index (χ3n) is 2.91. The van der Waals surface area contributed by atoms with Crippen LogP contribution in [0.5, 0.6) is 0 Å². The van der Waals surface area contributed by atoms with Crippen LogP contribution in [0.25, 0.3) is 0 Å². The quantitative estimate of drug-likeness (QED) is 0.652. The van der Waals surface area contributed by atoms with Crippen LogP contribution in [0.15, 0.2) is 0 Å². The predicted octanol–water partition coefficient (Wildman–Crippen LogP) is 1.29. The molecule has 3 unspecified atom stereocenters. The molecule has 0 aliphatic carbocycles. The molecule has 64 valence electrons. The summed E-state index contributed by atoms with van der Waals surface area (Å²) in [4.78, 5) is 0. The number of hydrogen-bond acceptors (Lipinski definition) is 2. The average molecular weight is 155 g/mol. The third kappa shape index (κ3) is 1.42. The van der Waals surface area contributed by atoms with E-state index in [1.165, 1.54) is 19.3 Å². The van der Waals surface area contributed by atoms with E-state index in [1.54, 1.807) is 0 Å². The van der Waals surface area contributed by atoms with Crippen LogP contribution in [0.3, 0.4) is 0 Å². The van der Waals surface area contributed by atoms with Crippen molar-refractivity contribution in [1.29, 1.82) is 0 Å². The zero-order valence-electron chi connectivity index (χ0n) is 7.12. The molecule has 0 radical (unpaired) electrons. The van der Waals surface area contributed by atoms with E-state index in [0.29, 0.717) is 18.2 Å². The summed E-state index contributed by atoms with van der Waals surface area (Å²) in [6.07, 6.45) is 6.14. The Morgan fingerprint density at radius 1 is 1.55 bits per heavy atom. The molecule has 2 bridgehead atoms. The Kier molecular flexibility index (Phi) is 1.90. The minimum absolute atomic E-state index is 0.350. The van der Waals surface area contributed by atoms with Crippen LogP contribution < -0.4 is 5.73 Å². The highest BCUT2D eigenvalue weighted by Crippen LogP contribution is 2.40. The summed E-state index contributed by atoms with van der Waals surface area (Å²) in [6, 6.07) is 0.350. The molecular formula is C9H17NO. The maximum atomic E-state index is 5.75. The molecule has 2 heteroatoms. The molecule has 0 saturated carbocycles. The standard InChI is InChI=1S/C9H17NO/c1-6(10)4-7-5-8-2-3-9(7)11-8/h6-9H,2-5,10H2,1H3/t6-,7?,8?,9?/m1/s1. The van der Waals surface area contributed by atoms with Crippen LogP contribution in [0.1, 0.15) is 32.6 Å². The van der Waals surface area contributed by atoms with Crippen molar-refractivity contribution in [3.63, 3.8) is 0 Å². The monoisotopic (exact) mass is 155 g/mol. The molecule has 0 aromatic rings. The molecule has 2 aliphatic heterocycles. The molecular weight excluding hydrogens is 138 g/mol. The maximum absolute atomic E-state index is 5.75. The first kappa shape index (κ1) is 7.56. The van der Waals surface area contributed by atoms with Crippen molar-refractivity contribution in [2.75, 3.05) is 0 Å². The van der Waals surface area contributed by atoms with E-state index in [2.05, 4.69) is 6.92 Å². The zero-order valence-corrected chi connectivity index (χ0v) is 7.12. The fourth-order valence-corrected chi connectivity index (χ4v) is 2.47. The van der Waals surface area contributed by atoms with Gasteiger partial charge >= 0.3 is 0 Å². The Balaban J connectivity index is 1.87. The summed E-state index contributed by atoms with van der Waals surface area (Å²) in [5.74, 6) is 0.772. The minimum Gasteiger partial charge on any atom is -0.375 e. The van der Waals surface area contributed by atoms with E-state index < -0.39 is 0 Å². The van der Waals surface area contributed by atoms with E-state index in [9.17, 15) is 0 Å². The lowest BCUT2D eigenvalue weighted by Gasteiger charge is -2.19. The Morgan fingerprint density at radius 2 is 2.36 bits per heavy atom. The van der Waals surface area contributed by atoms with Gasteiger partial charge in [-0.15, -0.1) is 0 Å². The van der Waals surface area contributed by atoms with E-state index in [-0.39, 0.29) is 0 Å². The summed E-state index contributed by atoms with van der Waals surface area (Å²) in [5, 5.41) is 0. The molecule has 2 saturated heterocycles. The van der Waals surface area contributed by atoms with Gasteiger partial charge in [-0.2, -0.15) is 0 Å². The first-order valence-electron chi connectivity index (χ1n) is 4.66. The second kappa shape index (κ2) is 2.76. The number of fused-ring (bicyclic) bond motifs is 2. The van der Waals surface area contributed by atoms with Crippen molar-refractivity contribution in [2.24, 2.45) is 11.7 Å². The van der Waals surface area contributed by atoms with E-state index in [1.807, 2.05) is 0 Å². The topological polar surface area (TPSA) is 35.2 Å². The molecule has 4 atom stereocenters. The zero-order chi connectivity index (χ0) is 7.84. The van der Waals surface area contributed by atoms with Crippen molar-refractivity contribution >= 4 is 0 Å². The van der Waals surface area contributed by atoms with Crippen LogP contribution in [0.2, 0.25) is 0 Å². The maximum Gasteiger partial charge on any atom is 0.0609 e. The van der Waals surface area contributed by atoms with Gasteiger partial charge in [-0.3, -0.25) is 0 Å². The van der Waals surface area contributed by atoms with Crippen LogP contribution in [0, 0.1) is 5.92 Å². The molecule has 2 fully saturated rings. The highest BCUT2D eigenvalue weighted by molar-refractivity contribution is 4.90. The SMILES string of the molecule is C[C@@H](N)CC1CC2CCC1O2. The number of rotatable bonds is 2. The Labute approximate surface area is 68.1 Å². The summed E-state index contributed by atoms with van der Waals surface area (Å²) < 4.78 is 5.73. The smallest absolute Gasteiger partial charge is 0.0609 e. The summed E-state index contributed by atoms with van der Waals surface area (Å²) in [6.45, 7) is 2.09. The van der Waals surface area contributed by atoms with Crippen molar-refractivity contribution in [3.05, 3.63) is 0 Å². The van der Waals surface area contributed by atoms with E-state index >= 15 is 0 Å². The normalized spacial score (nSPS) is 44.7. The number of nitrogens with two attached hydrogens (primary N) is 1. The van der Waals surface area contributed by atoms with E-state index in [0.717, 1.165) is 12.3 Å². The van der Waals surface area contributed by atoms with Crippen molar-refractivity contribution in [3.8, 4) is 0 Å². The molecule has 2 rings (SSSR count). The first-order valence-corrected chi connectivity index (χ1v) is 4.66. The van der Waals surface area contributed by atoms with Crippen LogP contribution in [-0.4, -0.2) is 18.2 Å². The van der Waals surface area contributed by atoms with Gasteiger partial charge in [0.25, 0.3) is 0 Å². The highest BCUT2D eigenvalue weighted by Gasteiger charge is 2.40. The fourth-order valence-electron chi connectivity index (χ4n) is 2.47. The Hall–Kier alpha value is -0.0800. The van der Waals surface area contributed by atoms with Crippen molar-refractivity contribution in [2.45, 2.75) is 50.9 Å². The molecule has 11 heavy (non-hydrogen) atoms. The molecule has 0 aromatic heterocycles. The second-order valence-corrected chi connectivity index (χ2v) is 4.08. The lowest BCUT2D eigenvalue weighted by molar-refractivity contribution is 0.0904.